The molecule has 21 heavy (non-hydrogen) atoms. The van der Waals surface area contributed by atoms with E-state index < -0.39 is 43.1 Å². The van der Waals surface area contributed by atoms with Gasteiger partial charge >= 0.3 is 5.97 Å². The predicted molar refractivity (Wildman–Crippen MR) is 67.3 cm³/mol. The van der Waals surface area contributed by atoms with Crippen LogP contribution in [0, 0.1) is 17.5 Å². The van der Waals surface area contributed by atoms with Crippen LogP contribution in [0.5, 0.6) is 0 Å². The first-order chi connectivity index (χ1) is 9.61. The summed E-state index contributed by atoms with van der Waals surface area (Å²) in [6, 6.07) is 0.263. The van der Waals surface area contributed by atoms with Crippen LogP contribution in [0.25, 0.3) is 0 Å². The van der Waals surface area contributed by atoms with Gasteiger partial charge in [-0.1, -0.05) is 0 Å². The van der Waals surface area contributed by atoms with Gasteiger partial charge in [0.15, 0.2) is 16.5 Å². The molecule has 0 saturated heterocycles. The van der Waals surface area contributed by atoms with E-state index in [1.54, 1.807) is 0 Å². The maximum atomic E-state index is 13.6. The van der Waals surface area contributed by atoms with Crippen LogP contribution < -0.4 is 0 Å². The number of hydrogen-bond donors (Lipinski definition) is 0. The molecule has 1 aromatic rings. The molecule has 0 heterocycles. The maximum absolute atomic E-state index is 13.6. The molecule has 0 N–H and O–H groups in total. The average Bonchev–Trinajstić information content (AvgIpc) is 2.38. The second kappa shape index (κ2) is 6.17. The van der Waals surface area contributed by atoms with Crippen molar-refractivity contribution in [3.05, 3.63) is 40.7 Å². The fourth-order valence-corrected chi connectivity index (χ4v) is 2.86. The van der Waals surface area contributed by atoms with Crippen LogP contribution in [-0.2, 0) is 19.4 Å². The van der Waals surface area contributed by atoms with E-state index >= 15 is 0 Å². The fourth-order valence-electron chi connectivity index (χ4n) is 1.40. The third-order valence-electron chi connectivity index (χ3n) is 2.32. The average molecular weight is 323 g/mol. The van der Waals surface area contributed by atoms with E-state index in [-0.39, 0.29) is 12.1 Å². The number of halogens is 3. The summed E-state index contributed by atoms with van der Waals surface area (Å²) in [5, 5.41) is 0. The normalized spacial score (nSPS) is 12.2. The summed E-state index contributed by atoms with van der Waals surface area (Å²) < 4.78 is 68.4. The number of carbonyl (C=O) groups is 1. The summed E-state index contributed by atoms with van der Waals surface area (Å²) in [5.41, 5.74) is 0. The lowest BCUT2D eigenvalue weighted by Crippen LogP contribution is -2.20. The molecule has 116 valence electrons. The first-order valence-corrected chi connectivity index (χ1v) is 6.95. The third kappa shape index (κ3) is 3.54. The van der Waals surface area contributed by atoms with Crippen LogP contribution in [0.4, 0.5) is 13.2 Å². The predicted octanol–water partition coefficient (Wildman–Crippen LogP) is 1.45. The third-order valence-corrected chi connectivity index (χ3v) is 4.06. The van der Waals surface area contributed by atoms with Crippen molar-refractivity contribution in [2.75, 3.05) is 21.2 Å². The minimum Gasteiger partial charge on any atom is -0.465 e. The molecule has 0 radical (unpaired) electrons. The topological polar surface area (TPSA) is 63.7 Å². The summed E-state index contributed by atoms with van der Waals surface area (Å²) in [5.74, 6) is -5.86. The van der Waals surface area contributed by atoms with Gasteiger partial charge in [0, 0.05) is 26.4 Å². The van der Waals surface area contributed by atoms with E-state index in [1.807, 2.05) is 0 Å². The summed E-state index contributed by atoms with van der Waals surface area (Å²) in [6.07, 6.45) is 0.877. The van der Waals surface area contributed by atoms with Crippen molar-refractivity contribution in [2.45, 2.75) is 4.90 Å². The Morgan fingerprint density at radius 1 is 1.14 bits per heavy atom. The largest absolute Gasteiger partial charge is 0.465 e. The lowest BCUT2D eigenvalue weighted by atomic mass is 10.3. The number of nitrogens with zero attached hydrogens (tertiary/aromatic N) is 1. The zero-order valence-electron chi connectivity index (χ0n) is 11.4. The molecule has 0 spiro atoms. The lowest BCUT2D eigenvalue weighted by Gasteiger charge is -2.12. The van der Waals surface area contributed by atoms with E-state index in [2.05, 4.69) is 4.74 Å². The van der Waals surface area contributed by atoms with Crippen LogP contribution in [0.1, 0.15) is 0 Å². The quantitative estimate of drug-likeness (QED) is 0.363. The molecule has 0 amide bonds. The summed E-state index contributed by atoms with van der Waals surface area (Å²) in [4.78, 5) is 10.7. The molecule has 0 aliphatic rings. The van der Waals surface area contributed by atoms with Gasteiger partial charge in [-0.3, -0.25) is 0 Å². The second-order valence-electron chi connectivity index (χ2n) is 4.15. The number of sulfone groups is 1. The number of esters is 1. The van der Waals surface area contributed by atoms with Crippen molar-refractivity contribution < 1.29 is 31.1 Å². The van der Waals surface area contributed by atoms with Gasteiger partial charge in [-0.05, 0) is 6.07 Å². The summed E-state index contributed by atoms with van der Waals surface area (Å²) >= 11 is 0. The summed E-state index contributed by atoms with van der Waals surface area (Å²) in [6.45, 7) is 0. The molecule has 0 fully saturated rings. The Bertz CT molecular complexity index is 699. The Balaban J connectivity index is 3.58. The SMILES string of the molecule is COC(=O)C(=CN(C)C)S(=O)(=O)c1cc(F)c(F)cc1F. The molecule has 0 bridgehead atoms. The molecule has 1 rings (SSSR count). The molecule has 0 aliphatic heterocycles. The van der Waals surface area contributed by atoms with Crippen molar-refractivity contribution in [1.82, 2.24) is 4.90 Å². The van der Waals surface area contributed by atoms with Crippen LogP contribution >= 0.6 is 0 Å². The van der Waals surface area contributed by atoms with Gasteiger partial charge in [0.1, 0.15) is 10.7 Å². The van der Waals surface area contributed by atoms with E-state index in [4.69, 9.17) is 0 Å². The van der Waals surface area contributed by atoms with Gasteiger partial charge in [-0.25, -0.2) is 26.4 Å². The zero-order valence-corrected chi connectivity index (χ0v) is 12.2. The molecule has 1 aromatic carbocycles. The van der Waals surface area contributed by atoms with Crippen molar-refractivity contribution in [3.63, 3.8) is 0 Å². The van der Waals surface area contributed by atoms with Gasteiger partial charge in [0.25, 0.3) is 0 Å². The van der Waals surface area contributed by atoms with E-state index in [0.717, 1.165) is 13.3 Å². The number of rotatable bonds is 4. The second-order valence-corrected chi connectivity index (χ2v) is 6.04. The van der Waals surface area contributed by atoms with Crippen molar-refractivity contribution >= 4 is 15.8 Å². The van der Waals surface area contributed by atoms with E-state index in [9.17, 15) is 26.4 Å². The molecule has 0 unspecified atom stereocenters. The molecule has 0 aromatic heterocycles. The Labute approximate surface area is 119 Å². The standard InChI is InChI=1S/C12H12F3NO4S/c1-16(2)6-11(12(17)20-3)21(18,19)10-5-8(14)7(13)4-9(10)15/h4-6H,1-3H3. The maximum Gasteiger partial charge on any atom is 0.351 e. The Morgan fingerprint density at radius 2 is 1.67 bits per heavy atom. The molecule has 0 aliphatic carbocycles. The molecule has 0 atom stereocenters. The molecule has 5 nitrogen and oxygen atoms in total. The van der Waals surface area contributed by atoms with Crippen LogP contribution in [-0.4, -0.2) is 40.5 Å². The number of benzene rings is 1. The van der Waals surface area contributed by atoms with Crippen molar-refractivity contribution in [3.8, 4) is 0 Å². The minimum absolute atomic E-state index is 0.0901. The van der Waals surface area contributed by atoms with Crippen molar-refractivity contribution in [2.24, 2.45) is 0 Å². The summed E-state index contributed by atoms with van der Waals surface area (Å²) in [7, 11) is -0.947. The fraction of sp³-hybridized carbons (Fsp3) is 0.250. The van der Waals surface area contributed by atoms with Crippen LogP contribution in [0.15, 0.2) is 28.1 Å². The number of methoxy groups -OCH3 is 1. The van der Waals surface area contributed by atoms with E-state index in [0.29, 0.717) is 0 Å². The molecule has 9 heteroatoms. The molecular formula is C12H12F3NO4S. The first-order valence-electron chi connectivity index (χ1n) is 5.47. The van der Waals surface area contributed by atoms with Crippen LogP contribution in [0.2, 0.25) is 0 Å². The number of hydrogen-bond acceptors (Lipinski definition) is 5. The Kier molecular flexibility index (Phi) is 5.00. The monoisotopic (exact) mass is 323 g/mol. The van der Waals surface area contributed by atoms with Crippen LogP contribution in [0.3, 0.4) is 0 Å². The molecular weight excluding hydrogens is 311 g/mol. The lowest BCUT2D eigenvalue weighted by molar-refractivity contribution is -0.135. The highest BCUT2D eigenvalue weighted by Crippen LogP contribution is 2.25. The smallest absolute Gasteiger partial charge is 0.351 e. The molecule has 0 saturated carbocycles. The van der Waals surface area contributed by atoms with Gasteiger partial charge < -0.3 is 9.64 Å². The van der Waals surface area contributed by atoms with Gasteiger partial charge in [-0.2, -0.15) is 0 Å². The zero-order chi connectivity index (χ0) is 16.4. The highest BCUT2D eigenvalue weighted by Gasteiger charge is 2.32. The van der Waals surface area contributed by atoms with E-state index in [1.165, 1.54) is 19.0 Å². The van der Waals surface area contributed by atoms with Gasteiger partial charge in [0.05, 0.1) is 7.11 Å². The number of carbonyl (C=O) groups excluding carboxylic acids is 1. The number of ether oxygens (including phenoxy) is 1. The first kappa shape index (κ1) is 17.0. The van der Waals surface area contributed by atoms with Crippen molar-refractivity contribution in [1.29, 1.82) is 0 Å². The Hall–Kier alpha value is -2.03. The highest BCUT2D eigenvalue weighted by atomic mass is 32.2. The highest BCUT2D eigenvalue weighted by molar-refractivity contribution is 7.96. The van der Waals surface area contributed by atoms with Gasteiger partial charge in [-0.15, -0.1) is 0 Å². The minimum atomic E-state index is -4.71. The van der Waals surface area contributed by atoms with Gasteiger partial charge in [0.2, 0.25) is 9.84 Å². The Morgan fingerprint density at radius 3 is 2.14 bits per heavy atom.